The molecule has 2 aliphatic carbocycles. The second kappa shape index (κ2) is 10.0. The number of hydrogen-bond acceptors (Lipinski definition) is 6. The second-order valence-electron chi connectivity index (χ2n) is 10.4. The van der Waals surface area contributed by atoms with Crippen molar-refractivity contribution >= 4 is 35.1 Å². The molecule has 2 saturated carbocycles. The Labute approximate surface area is 225 Å². The molecular formula is C31H28N2O6. The maximum Gasteiger partial charge on any atom is 0.338 e. The highest BCUT2D eigenvalue weighted by molar-refractivity contribution is 6.23. The van der Waals surface area contributed by atoms with Crippen molar-refractivity contribution in [1.82, 2.24) is 0 Å². The third-order valence-electron chi connectivity index (χ3n) is 8.30. The molecule has 0 radical (unpaired) electrons. The van der Waals surface area contributed by atoms with Gasteiger partial charge in [0.05, 0.1) is 35.9 Å². The summed E-state index contributed by atoms with van der Waals surface area (Å²) in [4.78, 5) is 53.4. The van der Waals surface area contributed by atoms with Crippen LogP contribution in [0.1, 0.15) is 34.7 Å². The van der Waals surface area contributed by atoms with E-state index in [0.717, 1.165) is 12.8 Å². The summed E-state index contributed by atoms with van der Waals surface area (Å²) < 4.78 is 10.4. The lowest BCUT2D eigenvalue weighted by Crippen LogP contribution is -2.33. The van der Waals surface area contributed by atoms with E-state index in [2.05, 4.69) is 17.4 Å². The number of para-hydroxylation sites is 2. The van der Waals surface area contributed by atoms with E-state index in [-0.39, 0.29) is 47.0 Å². The molecule has 0 unspecified atom stereocenters. The zero-order chi connectivity index (χ0) is 27.1. The summed E-state index contributed by atoms with van der Waals surface area (Å²) in [5.74, 6) is -1.20. The molecule has 1 N–H and O–H groups in total. The Morgan fingerprint density at radius 3 is 2.44 bits per heavy atom. The number of carbonyl (C=O) groups excluding carboxylic acids is 4. The van der Waals surface area contributed by atoms with E-state index in [0.29, 0.717) is 17.1 Å². The molecule has 2 bridgehead atoms. The van der Waals surface area contributed by atoms with Gasteiger partial charge in [-0.15, -0.1) is 0 Å². The minimum absolute atomic E-state index is 0.138. The molecule has 3 aliphatic rings. The first-order chi connectivity index (χ1) is 19.0. The van der Waals surface area contributed by atoms with Crippen molar-refractivity contribution in [3.8, 4) is 5.75 Å². The van der Waals surface area contributed by atoms with Crippen LogP contribution in [0.3, 0.4) is 0 Å². The lowest BCUT2D eigenvalue weighted by molar-refractivity contribution is -0.123. The fourth-order valence-electron chi connectivity index (χ4n) is 6.72. The van der Waals surface area contributed by atoms with Crippen LogP contribution in [0.2, 0.25) is 0 Å². The number of nitrogens with one attached hydrogen (secondary N) is 1. The molecule has 3 aromatic rings. The van der Waals surface area contributed by atoms with E-state index >= 15 is 0 Å². The quantitative estimate of drug-likeness (QED) is 0.363. The smallest absolute Gasteiger partial charge is 0.338 e. The molecule has 0 aromatic heterocycles. The van der Waals surface area contributed by atoms with Crippen LogP contribution in [-0.2, 0) is 19.1 Å². The van der Waals surface area contributed by atoms with Gasteiger partial charge in [0, 0.05) is 0 Å². The van der Waals surface area contributed by atoms with Crippen molar-refractivity contribution in [2.24, 2.45) is 23.7 Å². The topological polar surface area (TPSA) is 102 Å². The molecule has 1 aliphatic heterocycles. The van der Waals surface area contributed by atoms with E-state index in [9.17, 15) is 19.2 Å². The summed E-state index contributed by atoms with van der Waals surface area (Å²) in [6, 6.07) is 23.4. The highest BCUT2D eigenvalue weighted by Gasteiger charge is 2.64. The second-order valence-corrected chi connectivity index (χ2v) is 10.4. The van der Waals surface area contributed by atoms with E-state index in [1.165, 1.54) is 29.7 Å². The van der Waals surface area contributed by atoms with Gasteiger partial charge in [-0.25, -0.2) is 4.79 Å². The number of imide groups is 1. The number of fused-ring (bicyclic) bond motifs is 5. The van der Waals surface area contributed by atoms with Gasteiger partial charge in [0.1, 0.15) is 5.75 Å². The molecule has 3 amide bonds. The molecule has 8 nitrogen and oxygen atoms in total. The van der Waals surface area contributed by atoms with E-state index < -0.39 is 18.5 Å². The van der Waals surface area contributed by atoms with E-state index in [1.807, 2.05) is 18.2 Å². The fourth-order valence-corrected chi connectivity index (χ4v) is 6.72. The predicted molar refractivity (Wildman–Crippen MR) is 143 cm³/mol. The minimum Gasteiger partial charge on any atom is -0.495 e. The summed E-state index contributed by atoms with van der Waals surface area (Å²) in [6.07, 6.45) is 1.80. The Balaban J connectivity index is 1.14. The summed E-state index contributed by atoms with van der Waals surface area (Å²) in [5, 5.41) is 2.65. The van der Waals surface area contributed by atoms with Gasteiger partial charge in [-0.2, -0.15) is 0 Å². The lowest BCUT2D eigenvalue weighted by atomic mass is 9.73. The zero-order valence-corrected chi connectivity index (χ0v) is 21.4. The Kier molecular flexibility index (Phi) is 6.38. The van der Waals surface area contributed by atoms with Crippen molar-refractivity contribution in [1.29, 1.82) is 0 Å². The number of ether oxygens (including phenoxy) is 2. The van der Waals surface area contributed by atoms with Gasteiger partial charge in [0.2, 0.25) is 11.8 Å². The summed E-state index contributed by atoms with van der Waals surface area (Å²) in [5.41, 5.74) is 2.19. The zero-order valence-electron chi connectivity index (χ0n) is 21.4. The number of carbonyl (C=O) groups is 4. The SMILES string of the molecule is COc1ccccc1NC(=O)COC(=O)c1cccc(N2C(=O)[C@@H]3[C@@H]4C[C@@H]([C@@H]3C2=O)[C@H](c2ccccc2)C4)c1. The van der Waals surface area contributed by atoms with Crippen molar-refractivity contribution in [3.63, 3.8) is 0 Å². The highest BCUT2D eigenvalue weighted by atomic mass is 16.5. The van der Waals surface area contributed by atoms with Crippen molar-refractivity contribution in [3.05, 3.63) is 90.0 Å². The van der Waals surface area contributed by atoms with Gasteiger partial charge in [0.15, 0.2) is 6.61 Å². The van der Waals surface area contributed by atoms with Crippen LogP contribution in [-0.4, -0.2) is 37.4 Å². The largest absolute Gasteiger partial charge is 0.495 e. The first-order valence-corrected chi connectivity index (χ1v) is 13.1. The third kappa shape index (κ3) is 4.35. The predicted octanol–water partition coefficient (Wildman–Crippen LogP) is 4.42. The van der Waals surface area contributed by atoms with Gasteiger partial charge in [-0.3, -0.25) is 19.3 Å². The summed E-state index contributed by atoms with van der Waals surface area (Å²) in [6.45, 7) is -0.503. The Morgan fingerprint density at radius 2 is 1.64 bits per heavy atom. The molecule has 39 heavy (non-hydrogen) atoms. The molecule has 1 heterocycles. The van der Waals surface area contributed by atoms with Crippen LogP contribution in [0.15, 0.2) is 78.9 Å². The van der Waals surface area contributed by atoms with Gasteiger partial charge in [0.25, 0.3) is 5.91 Å². The maximum absolute atomic E-state index is 13.6. The van der Waals surface area contributed by atoms with Gasteiger partial charge >= 0.3 is 5.97 Å². The molecular weight excluding hydrogens is 496 g/mol. The number of hydrogen-bond donors (Lipinski definition) is 1. The standard InChI is InChI=1S/C31H28N2O6/c1-38-25-13-6-5-12-24(25)32-26(34)17-39-31(37)19-10-7-11-21(14-19)33-29(35)27-20-15-22(18-8-3-2-4-9-18)23(16-20)28(27)30(33)36/h2-14,20,22-23,27-28H,15-17H2,1H3,(H,32,34)/t20-,22-,23+,27+,28-/m0/s1. The first kappa shape index (κ1) is 24.9. The summed E-state index contributed by atoms with van der Waals surface area (Å²) in [7, 11) is 1.49. The average Bonchev–Trinajstić information content (AvgIpc) is 3.63. The highest BCUT2D eigenvalue weighted by Crippen LogP contribution is 2.61. The Hall–Kier alpha value is -4.46. The van der Waals surface area contributed by atoms with Crippen LogP contribution < -0.4 is 15.0 Å². The van der Waals surface area contributed by atoms with Crippen LogP contribution in [0.25, 0.3) is 0 Å². The van der Waals surface area contributed by atoms with Crippen molar-refractivity contribution in [2.45, 2.75) is 18.8 Å². The third-order valence-corrected chi connectivity index (χ3v) is 8.30. The molecule has 3 fully saturated rings. The lowest BCUT2D eigenvalue weighted by Gasteiger charge is -2.28. The van der Waals surface area contributed by atoms with Gasteiger partial charge < -0.3 is 14.8 Å². The van der Waals surface area contributed by atoms with Crippen LogP contribution >= 0.6 is 0 Å². The van der Waals surface area contributed by atoms with Crippen molar-refractivity contribution < 1.29 is 28.7 Å². The molecule has 6 rings (SSSR count). The molecule has 5 atom stereocenters. The number of nitrogens with zero attached hydrogens (tertiary/aromatic N) is 1. The van der Waals surface area contributed by atoms with Crippen LogP contribution in [0.4, 0.5) is 11.4 Å². The molecule has 1 saturated heterocycles. The average molecular weight is 525 g/mol. The van der Waals surface area contributed by atoms with Crippen molar-refractivity contribution in [2.75, 3.05) is 23.9 Å². The number of rotatable bonds is 7. The van der Waals surface area contributed by atoms with E-state index in [4.69, 9.17) is 9.47 Å². The monoisotopic (exact) mass is 524 g/mol. The van der Waals surface area contributed by atoms with Crippen LogP contribution in [0, 0.1) is 23.7 Å². The maximum atomic E-state index is 13.6. The molecule has 0 spiro atoms. The molecule has 8 heteroatoms. The number of anilines is 2. The number of esters is 1. The first-order valence-electron chi connectivity index (χ1n) is 13.1. The summed E-state index contributed by atoms with van der Waals surface area (Å²) >= 11 is 0. The van der Waals surface area contributed by atoms with Gasteiger partial charge in [-0.1, -0.05) is 48.5 Å². The fraction of sp³-hybridized carbons (Fsp3) is 0.290. The number of amides is 3. The van der Waals surface area contributed by atoms with E-state index in [1.54, 1.807) is 36.4 Å². The normalized spacial score (nSPS) is 24.9. The molecule has 198 valence electrons. The van der Waals surface area contributed by atoms with Gasteiger partial charge in [-0.05, 0) is 66.5 Å². The van der Waals surface area contributed by atoms with Crippen LogP contribution in [0.5, 0.6) is 5.75 Å². The number of benzene rings is 3. The Morgan fingerprint density at radius 1 is 0.897 bits per heavy atom. The molecule has 3 aromatic carbocycles. The Bertz CT molecular complexity index is 1450. The minimum atomic E-state index is -0.726. The number of methoxy groups -OCH3 is 1.